The van der Waals surface area contributed by atoms with Gasteiger partial charge in [-0.25, -0.2) is 0 Å². The van der Waals surface area contributed by atoms with Crippen LogP contribution in [0.3, 0.4) is 0 Å². The van der Waals surface area contributed by atoms with Crippen molar-refractivity contribution in [1.29, 1.82) is 0 Å². The van der Waals surface area contributed by atoms with E-state index < -0.39 is 48.3 Å². The summed E-state index contributed by atoms with van der Waals surface area (Å²) in [6.45, 7) is 13.9. The van der Waals surface area contributed by atoms with Gasteiger partial charge in [-0.2, -0.15) is 0 Å². The molecule has 2 aromatic rings. The topological polar surface area (TPSA) is 176 Å². The van der Waals surface area contributed by atoms with Gasteiger partial charge >= 0.3 is 0 Å². The number of carbonyl (C=O) groups excluding carboxylic acids is 5. The lowest BCUT2D eigenvalue weighted by Gasteiger charge is -2.41. The number of anilines is 2. The SMILES string of the molecule is C/C=C(/C)[C@@H](C(=O)N[C@H](C(=O)N(C)[C@@H]([C@@H](C)CC)[C@@H](CC(=O)N1CCC[C@H]1[C@H](OC)[C@@H](C)C(=O)N[C@@H](Cc1ccccc1)C(=O)Nc1ccc(N)cc1)OC)C(C)C)N(C)C. The smallest absolute Gasteiger partial charge is 0.247 e. The number of likely N-dealkylation sites (N-methyl/N-ethyl adjacent to an activating group) is 2. The Bertz CT molecular complexity index is 1770. The lowest BCUT2D eigenvalue weighted by atomic mass is 9.89. The van der Waals surface area contributed by atoms with Crippen LogP contribution in [0.15, 0.2) is 66.2 Å². The molecular formula is C47H73N7O7. The first-order valence-corrected chi connectivity index (χ1v) is 21.6. The van der Waals surface area contributed by atoms with Gasteiger partial charge in [0.2, 0.25) is 29.5 Å². The molecule has 5 amide bonds. The first-order chi connectivity index (χ1) is 28.9. The third-order valence-electron chi connectivity index (χ3n) is 12.2. The highest BCUT2D eigenvalue weighted by Crippen LogP contribution is 2.30. The Morgan fingerprint density at radius 2 is 1.54 bits per heavy atom. The molecule has 61 heavy (non-hydrogen) atoms. The van der Waals surface area contributed by atoms with Gasteiger partial charge in [0.25, 0.3) is 0 Å². The number of hydrogen-bond donors (Lipinski definition) is 4. The molecule has 5 N–H and O–H groups in total. The Labute approximate surface area is 364 Å². The largest absolute Gasteiger partial charge is 0.399 e. The summed E-state index contributed by atoms with van der Waals surface area (Å²) in [5.41, 5.74) is 8.70. The van der Waals surface area contributed by atoms with Crippen molar-refractivity contribution in [2.45, 2.75) is 123 Å². The van der Waals surface area contributed by atoms with E-state index >= 15 is 0 Å². The molecule has 0 spiro atoms. The van der Waals surface area contributed by atoms with Crippen molar-refractivity contribution in [2.24, 2.45) is 17.8 Å². The Hall–Kier alpha value is -4.79. The van der Waals surface area contributed by atoms with Crippen LogP contribution in [0.2, 0.25) is 0 Å². The maximum atomic E-state index is 14.4. The van der Waals surface area contributed by atoms with E-state index in [4.69, 9.17) is 15.2 Å². The highest BCUT2D eigenvalue weighted by Gasteiger charge is 2.43. The van der Waals surface area contributed by atoms with Gasteiger partial charge in [-0.3, -0.25) is 28.9 Å². The van der Waals surface area contributed by atoms with Crippen molar-refractivity contribution >= 4 is 40.9 Å². The van der Waals surface area contributed by atoms with Crippen LogP contribution in [0.4, 0.5) is 11.4 Å². The van der Waals surface area contributed by atoms with E-state index in [1.807, 2.05) is 96.9 Å². The maximum Gasteiger partial charge on any atom is 0.247 e. The number of nitrogens with zero attached hydrogens (tertiary/aromatic N) is 3. The average Bonchev–Trinajstić information content (AvgIpc) is 3.72. The van der Waals surface area contributed by atoms with Gasteiger partial charge in [0.05, 0.1) is 36.6 Å². The van der Waals surface area contributed by atoms with E-state index in [1.165, 1.54) is 7.11 Å². The van der Waals surface area contributed by atoms with Crippen LogP contribution < -0.4 is 21.7 Å². The molecule has 1 aliphatic rings. The fourth-order valence-corrected chi connectivity index (χ4v) is 8.44. The summed E-state index contributed by atoms with van der Waals surface area (Å²) in [6, 6.07) is 13.1. The molecule has 338 valence electrons. The number of likely N-dealkylation sites (tertiary alicyclic amines) is 1. The number of methoxy groups -OCH3 is 2. The van der Waals surface area contributed by atoms with Crippen molar-refractivity contribution in [3.8, 4) is 0 Å². The van der Waals surface area contributed by atoms with Crippen LogP contribution in [0.5, 0.6) is 0 Å². The maximum absolute atomic E-state index is 14.4. The van der Waals surface area contributed by atoms with Gasteiger partial charge in [-0.15, -0.1) is 0 Å². The third-order valence-corrected chi connectivity index (χ3v) is 12.2. The zero-order valence-corrected chi connectivity index (χ0v) is 38.6. The second-order valence-electron chi connectivity index (χ2n) is 17.1. The number of nitrogens with one attached hydrogen (secondary N) is 3. The summed E-state index contributed by atoms with van der Waals surface area (Å²) < 4.78 is 12.1. The second-order valence-corrected chi connectivity index (χ2v) is 17.1. The van der Waals surface area contributed by atoms with Crippen LogP contribution in [0.25, 0.3) is 0 Å². The fourth-order valence-electron chi connectivity index (χ4n) is 8.44. The molecule has 14 heteroatoms. The molecule has 0 aromatic heterocycles. The lowest BCUT2D eigenvalue weighted by molar-refractivity contribution is -0.148. The van der Waals surface area contributed by atoms with Gasteiger partial charge in [0.15, 0.2) is 0 Å². The number of rotatable bonds is 22. The van der Waals surface area contributed by atoms with E-state index in [-0.39, 0.29) is 54.2 Å². The van der Waals surface area contributed by atoms with Crippen LogP contribution in [0, 0.1) is 17.8 Å². The molecule has 1 aliphatic heterocycles. The first kappa shape index (κ1) is 50.6. The van der Waals surface area contributed by atoms with Gasteiger partial charge in [-0.1, -0.05) is 83.0 Å². The zero-order valence-electron chi connectivity index (χ0n) is 38.6. The summed E-state index contributed by atoms with van der Waals surface area (Å²) in [5.74, 6) is -2.45. The average molecular weight is 848 g/mol. The van der Waals surface area contributed by atoms with Crippen LogP contribution in [0.1, 0.15) is 79.7 Å². The molecular weight excluding hydrogens is 775 g/mol. The van der Waals surface area contributed by atoms with Gasteiger partial charge < -0.3 is 41.0 Å². The van der Waals surface area contributed by atoms with Crippen LogP contribution in [-0.2, 0) is 39.9 Å². The molecule has 0 bridgehead atoms. The lowest BCUT2D eigenvalue weighted by Crippen LogP contribution is -2.59. The molecule has 9 atom stereocenters. The first-order valence-electron chi connectivity index (χ1n) is 21.6. The number of nitrogens with two attached hydrogens (primary N) is 1. The molecule has 0 radical (unpaired) electrons. The van der Waals surface area contributed by atoms with Crippen molar-refractivity contribution < 1.29 is 33.4 Å². The Balaban J connectivity index is 1.82. The minimum Gasteiger partial charge on any atom is -0.399 e. The monoisotopic (exact) mass is 848 g/mol. The van der Waals surface area contributed by atoms with Crippen molar-refractivity contribution in [3.05, 3.63) is 71.8 Å². The normalized spacial score (nSPS) is 18.4. The van der Waals surface area contributed by atoms with Crippen LogP contribution in [-0.4, -0.2) is 129 Å². The van der Waals surface area contributed by atoms with Gasteiger partial charge in [0, 0.05) is 45.6 Å². The molecule has 1 fully saturated rings. The van der Waals surface area contributed by atoms with E-state index in [0.29, 0.717) is 37.2 Å². The van der Waals surface area contributed by atoms with Gasteiger partial charge in [-0.05, 0) is 82.4 Å². The number of benzene rings is 2. The molecule has 0 unspecified atom stereocenters. The second kappa shape index (κ2) is 24.0. The van der Waals surface area contributed by atoms with Gasteiger partial charge in [0.1, 0.15) is 18.1 Å². The number of carbonyl (C=O) groups is 5. The number of ether oxygens (including phenoxy) is 2. The molecule has 3 rings (SSSR count). The minimum absolute atomic E-state index is 0.0109. The Kier molecular flexibility index (Phi) is 19.9. The molecule has 14 nitrogen and oxygen atoms in total. The Morgan fingerprint density at radius 3 is 2.08 bits per heavy atom. The van der Waals surface area contributed by atoms with E-state index in [1.54, 1.807) is 55.1 Å². The fraction of sp³-hybridized carbons (Fsp3) is 0.596. The highest BCUT2D eigenvalue weighted by atomic mass is 16.5. The Morgan fingerprint density at radius 1 is 0.902 bits per heavy atom. The standard InChI is InChI=1S/C47H73N7O7/c1-13-30(5)41(53(10)47(59)40(29(3)4)51-46(58)42(52(8)9)31(6)14-2)38(60-11)28-39(55)54-26-18-21-37(54)43(61-12)32(7)44(56)50-36(27-33-19-16-15-17-20-33)45(57)49-35-24-22-34(48)23-25-35/h14-17,19-20,22-25,29-30,32,36-38,40-43H,13,18,21,26-28,48H2,1-12H3,(H,49,57)(H,50,56)(H,51,58)/b31-14-/t30-,32+,36-,37-,38+,40-,41-,42-,43+/m0/s1. The predicted molar refractivity (Wildman–Crippen MR) is 241 cm³/mol. The zero-order chi connectivity index (χ0) is 45.6. The molecule has 1 heterocycles. The summed E-state index contributed by atoms with van der Waals surface area (Å²) >= 11 is 0. The summed E-state index contributed by atoms with van der Waals surface area (Å²) in [5, 5.41) is 8.91. The van der Waals surface area contributed by atoms with E-state index in [0.717, 1.165) is 11.1 Å². The van der Waals surface area contributed by atoms with Crippen molar-refractivity contribution in [3.63, 3.8) is 0 Å². The van der Waals surface area contributed by atoms with Crippen molar-refractivity contribution in [1.82, 2.24) is 25.3 Å². The quantitative estimate of drug-likeness (QED) is 0.0950. The molecule has 0 saturated carbocycles. The number of amides is 5. The van der Waals surface area contributed by atoms with Crippen molar-refractivity contribution in [2.75, 3.05) is 53.0 Å². The van der Waals surface area contributed by atoms with Crippen LogP contribution >= 0.6 is 0 Å². The summed E-state index contributed by atoms with van der Waals surface area (Å²) in [4.78, 5) is 75.3. The third kappa shape index (κ3) is 13.6. The highest BCUT2D eigenvalue weighted by molar-refractivity contribution is 5.98. The number of nitrogen functional groups attached to an aromatic ring is 1. The number of allylic oxidation sites excluding steroid dienone is 1. The minimum atomic E-state index is -0.899. The summed E-state index contributed by atoms with van der Waals surface area (Å²) in [6.07, 6.45) is 2.85. The molecule has 2 aromatic carbocycles. The van der Waals surface area contributed by atoms with E-state index in [9.17, 15) is 24.0 Å². The predicted octanol–water partition coefficient (Wildman–Crippen LogP) is 4.89. The molecule has 1 saturated heterocycles. The van der Waals surface area contributed by atoms with E-state index in [2.05, 4.69) is 16.0 Å². The number of hydrogen-bond acceptors (Lipinski definition) is 9. The molecule has 0 aliphatic carbocycles. The summed E-state index contributed by atoms with van der Waals surface area (Å²) in [7, 11) is 8.47.